The lowest BCUT2D eigenvalue weighted by atomic mass is 10.1. The summed E-state index contributed by atoms with van der Waals surface area (Å²) in [6.45, 7) is 5.84. The van der Waals surface area contributed by atoms with Gasteiger partial charge in [0, 0.05) is 28.4 Å². The fourth-order valence-electron chi connectivity index (χ4n) is 2.66. The molecule has 1 unspecified atom stereocenters. The number of para-hydroxylation sites is 1. The second-order valence-electron chi connectivity index (χ2n) is 6.40. The van der Waals surface area contributed by atoms with Crippen molar-refractivity contribution in [3.05, 3.63) is 65.7 Å². The molecule has 0 heterocycles. The van der Waals surface area contributed by atoms with Crippen LogP contribution in [0.2, 0.25) is 0 Å². The number of benzene rings is 2. The van der Waals surface area contributed by atoms with E-state index in [2.05, 4.69) is 10.6 Å². The van der Waals surface area contributed by atoms with E-state index in [1.54, 1.807) is 18.2 Å². The first-order valence-electron chi connectivity index (χ1n) is 9.18. The number of aryl methyl sites for hydroxylation is 2. The standard InChI is InChI=1S/C22H24N2O4S/c1-4-16-8-5-7-14(2)21(16)24-22(28)15(3)29-18-10-6-9-17(13-18)23-19(25)11-12-20(26)27/h5-13,15H,4H2,1-3H3,(H,23,25)(H,24,28)(H,26,27)/b12-11+. The van der Waals surface area contributed by atoms with Crippen molar-refractivity contribution in [3.63, 3.8) is 0 Å². The Kier molecular flexibility index (Phi) is 8.03. The van der Waals surface area contributed by atoms with Crippen LogP contribution in [-0.4, -0.2) is 28.1 Å². The first kappa shape index (κ1) is 22.2. The third-order valence-corrected chi connectivity index (χ3v) is 5.24. The average molecular weight is 413 g/mol. The maximum absolute atomic E-state index is 12.7. The van der Waals surface area contributed by atoms with Gasteiger partial charge in [0.15, 0.2) is 0 Å². The van der Waals surface area contributed by atoms with E-state index in [0.717, 1.165) is 40.3 Å². The van der Waals surface area contributed by atoms with Crippen LogP contribution in [0.5, 0.6) is 0 Å². The second kappa shape index (κ2) is 10.5. The molecule has 2 aromatic carbocycles. The van der Waals surface area contributed by atoms with E-state index < -0.39 is 11.9 Å². The van der Waals surface area contributed by atoms with E-state index >= 15 is 0 Å². The summed E-state index contributed by atoms with van der Waals surface area (Å²) >= 11 is 1.37. The first-order valence-corrected chi connectivity index (χ1v) is 10.1. The molecule has 0 saturated carbocycles. The van der Waals surface area contributed by atoms with Crippen LogP contribution in [0.3, 0.4) is 0 Å². The Balaban J connectivity index is 2.03. The molecule has 7 heteroatoms. The van der Waals surface area contributed by atoms with Crippen LogP contribution in [0.4, 0.5) is 11.4 Å². The number of hydrogen-bond donors (Lipinski definition) is 3. The number of anilines is 2. The van der Waals surface area contributed by atoms with Crippen molar-refractivity contribution < 1.29 is 19.5 Å². The predicted molar refractivity (Wildman–Crippen MR) is 116 cm³/mol. The highest BCUT2D eigenvalue weighted by Crippen LogP contribution is 2.28. The zero-order valence-corrected chi connectivity index (χ0v) is 17.4. The van der Waals surface area contributed by atoms with Crippen LogP contribution >= 0.6 is 11.8 Å². The highest BCUT2D eigenvalue weighted by molar-refractivity contribution is 8.00. The number of nitrogens with one attached hydrogen (secondary N) is 2. The summed E-state index contributed by atoms with van der Waals surface area (Å²) in [5.74, 6) is -1.83. The smallest absolute Gasteiger partial charge is 0.328 e. The number of hydrogen-bond acceptors (Lipinski definition) is 4. The maximum Gasteiger partial charge on any atom is 0.328 e. The molecule has 0 spiro atoms. The summed E-state index contributed by atoms with van der Waals surface area (Å²) < 4.78 is 0. The molecule has 0 saturated heterocycles. The number of aliphatic carboxylic acids is 1. The van der Waals surface area contributed by atoms with Crippen molar-refractivity contribution in [2.24, 2.45) is 0 Å². The number of thioether (sulfide) groups is 1. The highest BCUT2D eigenvalue weighted by atomic mass is 32.2. The topological polar surface area (TPSA) is 95.5 Å². The fraction of sp³-hybridized carbons (Fsp3) is 0.227. The quantitative estimate of drug-likeness (QED) is 0.445. The number of carboxylic acid groups (broad SMARTS) is 1. The molecule has 0 radical (unpaired) electrons. The molecular formula is C22H24N2O4S. The van der Waals surface area contributed by atoms with E-state index in [0.29, 0.717) is 5.69 Å². The minimum Gasteiger partial charge on any atom is -0.478 e. The molecule has 0 aliphatic heterocycles. The van der Waals surface area contributed by atoms with Crippen LogP contribution in [0.25, 0.3) is 0 Å². The normalized spacial score (nSPS) is 11.8. The molecule has 2 rings (SSSR count). The van der Waals surface area contributed by atoms with Gasteiger partial charge in [0.25, 0.3) is 0 Å². The summed E-state index contributed by atoms with van der Waals surface area (Å²) in [6, 6.07) is 13.0. The van der Waals surface area contributed by atoms with E-state index in [9.17, 15) is 14.4 Å². The van der Waals surface area contributed by atoms with E-state index in [4.69, 9.17) is 5.11 Å². The SMILES string of the molecule is CCc1cccc(C)c1NC(=O)C(C)Sc1cccc(NC(=O)/C=C/C(=O)O)c1. The largest absolute Gasteiger partial charge is 0.478 e. The Morgan fingerprint density at radius 2 is 1.83 bits per heavy atom. The van der Waals surface area contributed by atoms with Crippen molar-refractivity contribution in [3.8, 4) is 0 Å². The van der Waals surface area contributed by atoms with Gasteiger partial charge in [0.2, 0.25) is 11.8 Å². The van der Waals surface area contributed by atoms with Gasteiger partial charge in [-0.2, -0.15) is 0 Å². The third kappa shape index (κ3) is 6.80. The lowest BCUT2D eigenvalue weighted by Gasteiger charge is -2.16. The minimum absolute atomic E-state index is 0.0992. The molecule has 152 valence electrons. The van der Waals surface area contributed by atoms with Crippen LogP contribution in [0, 0.1) is 6.92 Å². The molecule has 2 amide bonds. The van der Waals surface area contributed by atoms with Gasteiger partial charge in [0.05, 0.1) is 5.25 Å². The number of carbonyl (C=O) groups is 3. The molecule has 0 aliphatic rings. The number of carbonyl (C=O) groups excluding carboxylic acids is 2. The molecule has 0 aromatic heterocycles. The van der Waals surface area contributed by atoms with Crippen molar-refractivity contribution in [1.29, 1.82) is 0 Å². The summed E-state index contributed by atoms with van der Waals surface area (Å²) in [7, 11) is 0. The molecule has 3 N–H and O–H groups in total. The van der Waals surface area contributed by atoms with Crippen LogP contribution in [0.15, 0.2) is 59.5 Å². The lowest BCUT2D eigenvalue weighted by Crippen LogP contribution is -2.23. The zero-order valence-electron chi connectivity index (χ0n) is 16.6. The van der Waals surface area contributed by atoms with Crippen molar-refractivity contribution in [2.45, 2.75) is 37.3 Å². The molecule has 29 heavy (non-hydrogen) atoms. The minimum atomic E-state index is -1.19. The fourth-order valence-corrected chi connectivity index (χ4v) is 3.59. The Labute approximate surface area is 174 Å². The molecule has 2 aromatic rings. The van der Waals surface area contributed by atoms with E-state index in [1.165, 1.54) is 11.8 Å². The van der Waals surface area contributed by atoms with Gasteiger partial charge in [-0.05, 0) is 49.6 Å². The molecule has 0 aliphatic carbocycles. The van der Waals surface area contributed by atoms with Gasteiger partial charge in [-0.15, -0.1) is 11.8 Å². The van der Waals surface area contributed by atoms with Crippen molar-refractivity contribution in [1.82, 2.24) is 0 Å². The van der Waals surface area contributed by atoms with E-state index in [1.807, 2.05) is 45.0 Å². The van der Waals surface area contributed by atoms with Crippen molar-refractivity contribution in [2.75, 3.05) is 10.6 Å². The van der Waals surface area contributed by atoms with Crippen LogP contribution in [0.1, 0.15) is 25.0 Å². The van der Waals surface area contributed by atoms with Gasteiger partial charge >= 0.3 is 5.97 Å². The lowest BCUT2D eigenvalue weighted by molar-refractivity contribution is -0.131. The monoisotopic (exact) mass is 412 g/mol. The Hall–Kier alpha value is -3.06. The number of amides is 2. The average Bonchev–Trinajstić information content (AvgIpc) is 2.68. The van der Waals surface area contributed by atoms with Gasteiger partial charge in [-0.3, -0.25) is 9.59 Å². The molecular weight excluding hydrogens is 388 g/mol. The zero-order chi connectivity index (χ0) is 21.4. The Morgan fingerprint density at radius 1 is 1.10 bits per heavy atom. The molecule has 0 fully saturated rings. The highest BCUT2D eigenvalue weighted by Gasteiger charge is 2.17. The van der Waals surface area contributed by atoms with Gasteiger partial charge < -0.3 is 15.7 Å². The van der Waals surface area contributed by atoms with Gasteiger partial charge in [-0.1, -0.05) is 31.2 Å². The third-order valence-electron chi connectivity index (χ3n) is 4.15. The number of rotatable bonds is 8. The Morgan fingerprint density at radius 3 is 2.52 bits per heavy atom. The summed E-state index contributed by atoms with van der Waals surface area (Å²) in [5, 5.41) is 13.9. The van der Waals surface area contributed by atoms with Crippen LogP contribution in [-0.2, 0) is 20.8 Å². The van der Waals surface area contributed by atoms with E-state index in [-0.39, 0.29) is 11.2 Å². The number of carboxylic acids is 1. The van der Waals surface area contributed by atoms with Crippen LogP contribution < -0.4 is 10.6 Å². The predicted octanol–water partition coefficient (Wildman–Crippen LogP) is 4.26. The van der Waals surface area contributed by atoms with Crippen molar-refractivity contribution >= 4 is 40.9 Å². The Bertz CT molecular complexity index is 940. The molecule has 6 nitrogen and oxygen atoms in total. The summed E-state index contributed by atoms with van der Waals surface area (Å²) in [6.07, 6.45) is 2.55. The first-order chi connectivity index (χ1) is 13.8. The van der Waals surface area contributed by atoms with Gasteiger partial charge in [0.1, 0.15) is 0 Å². The maximum atomic E-state index is 12.7. The van der Waals surface area contributed by atoms with Gasteiger partial charge in [-0.25, -0.2) is 4.79 Å². The summed E-state index contributed by atoms with van der Waals surface area (Å²) in [4.78, 5) is 35.7. The molecule has 0 bridgehead atoms. The second-order valence-corrected chi connectivity index (χ2v) is 7.81. The summed E-state index contributed by atoms with van der Waals surface area (Å²) in [5.41, 5.74) is 3.50. The molecule has 1 atom stereocenters.